The maximum Gasteiger partial charge on any atom is 0.326 e. The molecule has 3 rings (SSSR count). The Morgan fingerprint density at radius 3 is 2.73 bits per heavy atom. The molecule has 22 heavy (non-hydrogen) atoms. The number of nitrogens with zero attached hydrogens (tertiary/aromatic N) is 2. The van der Waals surface area contributed by atoms with Crippen LogP contribution in [0.25, 0.3) is 0 Å². The van der Waals surface area contributed by atoms with E-state index in [-0.39, 0.29) is 6.04 Å². The maximum atomic E-state index is 11.5. The lowest BCUT2D eigenvalue weighted by Gasteiger charge is -2.36. The highest BCUT2D eigenvalue weighted by Crippen LogP contribution is 2.36. The first-order valence-corrected chi connectivity index (χ1v) is 7.69. The molecule has 0 radical (unpaired) electrons. The second-order valence-corrected chi connectivity index (χ2v) is 6.33. The molecule has 0 amide bonds. The van der Waals surface area contributed by atoms with Crippen molar-refractivity contribution in [2.45, 2.75) is 31.3 Å². The van der Waals surface area contributed by atoms with Crippen molar-refractivity contribution in [3.05, 3.63) is 41.2 Å². The molecule has 2 aliphatic heterocycles. The van der Waals surface area contributed by atoms with Crippen LogP contribution >= 0.6 is 0 Å². The third kappa shape index (κ3) is 2.46. The van der Waals surface area contributed by atoms with Crippen LogP contribution < -0.4 is 10.2 Å². The highest BCUT2D eigenvalue weighted by Gasteiger charge is 2.34. The summed E-state index contributed by atoms with van der Waals surface area (Å²) < 4.78 is 0. The van der Waals surface area contributed by atoms with Crippen molar-refractivity contribution in [3.63, 3.8) is 0 Å². The zero-order valence-electron chi connectivity index (χ0n) is 13.3. The van der Waals surface area contributed by atoms with E-state index in [1.807, 2.05) is 13.1 Å². The van der Waals surface area contributed by atoms with Crippen molar-refractivity contribution in [2.24, 2.45) is 0 Å². The number of para-hydroxylation sites is 1. The molecule has 0 aromatic heterocycles. The molecular weight excluding hydrogens is 278 g/mol. The lowest BCUT2D eigenvalue weighted by molar-refractivity contribution is -0.139. The molecule has 2 N–H and O–H groups in total. The third-order valence-corrected chi connectivity index (χ3v) is 4.74. The molecule has 0 saturated heterocycles. The number of hydrogen-bond acceptors (Lipinski definition) is 4. The number of nitrogens with one attached hydrogen (secondary N) is 1. The molecule has 2 atom stereocenters. The first kappa shape index (κ1) is 14.9. The average molecular weight is 301 g/mol. The molecule has 5 nitrogen and oxygen atoms in total. The van der Waals surface area contributed by atoms with Crippen molar-refractivity contribution in [1.29, 1.82) is 0 Å². The fourth-order valence-corrected chi connectivity index (χ4v) is 3.57. The Morgan fingerprint density at radius 2 is 2.05 bits per heavy atom. The summed E-state index contributed by atoms with van der Waals surface area (Å²) in [6.07, 6.45) is 2.36. The molecule has 1 aromatic rings. The van der Waals surface area contributed by atoms with E-state index in [2.05, 4.69) is 47.4 Å². The quantitative estimate of drug-likeness (QED) is 0.870. The molecular formula is C17H23N3O2. The number of likely N-dealkylation sites (N-methyl/N-ethyl adjacent to an activating group) is 1. The van der Waals surface area contributed by atoms with Gasteiger partial charge in [0.05, 0.1) is 0 Å². The fraction of sp³-hybridized carbons (Fsp3) is 0.471. The zero-order valence-corrected chi connectivity index (χ0v) is 13.3. The molecule has 0 spiro atoms. The van der Waals surface area contributed by atoms with Crippen molar-refractivity contribution in [2.75, 3.05) is 26.0 Å². The Kier molecular flexibility index (Phi) is 3.83. The summed E-state index contributed by atoms with van der Waals surface area (Å²) in [5.41, 5.74) is 3.73. The number of carbonyl (C=O) groups is 1. The number of benzene rings is 1. The lowest BCUT2D eigenvalue weighted by atomic mass is 9.91. The van der Waals surface area contributed by atoms with E-state index < -0.39 is 12.0 Å². The first-order chi connectivity index (χ1) is 10.5. The number of aliphatic carboxylic acids is 1. The lowest BCUT2D eigenvalue weighted by Crippen LogP contribution is -2.42. The molecule has 2 heterocycles. The van der Waals surface area contributed by atoms with Crippen LogP contribution in [0.4, 0.5) is 5.69 Å². The molecule has 2 unspecified atom stereocenters. The zero-order chi connectivity index (χ0) is 15.9. The summed E-state index contributed by atoms with van der Waals surface area (Å²) in [6, 6.07) is 8.07. The third-order valence-electron chi connectivity index (χ3n) is 4.74. The molecule has 0 saturated carbocycles. The minimum absolute atomic E-state index is 0.266. The number of carboxylic acids is 1. The summed E-state index contributed by atoms with van der Waals surface area (Å²) >= 11 is 0. The van der Waals surface area contributed by atoms with E-state index in [9.17, 15) is 9.90 Å². The van der Waals surface area contributed by atoms with Gasteiger partial charge in [0.25, 0.3) is 0 Å². The Morgan fingerprint density at radius 1 is 1.32 bits per heavy atom. The van der Waals surface area contributed by atoms with Gasteiger partial charge in [-0.3, -0.25) is 0 Å². The van der Waals surface area contributed by atoms with Gasteiger partial charge < -0.3 is 20.2 Å². The molecule has 0 bridgehead atoms. The first-order valence-electron chi connectivity index (χ1n) is 7.69. The van der Waals surface area contributed by atoms with Crippen LogP contribution in [0.5, 0.6) is 0 Å². The predicted octanol–water partition coefficient (Wildman–Crippen LogP) is 1.66. The van der Waals surface area contributed by atoms with Gasteiger partial charge in [0.15, 0.2) is 0 Å². The van der Waals surface area contributed by atoms with E-state index in [0.717, 1.165) is 24.4 Å². The summed E-state index contributed by atoms with van der Waals surface area (Å²) in [5, 5.41) is 12.7. The molecule has 0 aliphatic carbocycles. The predicted molar refractivity (Wildman–Crippen MR) is 86.8 cm³/mol. The second-order valence-electron chi connectivity index (χ2n) is 6.33. The Labute approximate surface area is 131 Å². The minimum Gasteiger partial charge on any atom is -0.480 e. The van der Waals surface area contributed by atoms with Gasteiger partial charge in [-0.1, -0.05) is 18.2 Å². The van der Waals surface area contributed by atoms with E-state index in [0.29, 0.717) is 6.42 Å². The van der Waals surface area contributed by atoms with Crippen LogP contribution in [-0.4, -0.2) is 49.2 Å². The number of carboxylic acid groups (broad SMARTS) is 1. The molecule has 0 fully saturated rings. The summed E-state index contributed by atoms with van der Waals surface area (Å²) in [7, 11) is 6.14. The number of fused-ring (bicyclic) bond motifs is 1. The van der Waals surface area contributed by atoms with Gasteiger partial charge in [0.2, 0.25) is 0 Å². The number of anilines is 1. The van der Waals surface area contributed by atoms with Crippen molar-refractivity contribution < 1.29 is 9.90 Å². The van der Waals surface area contributed by atoms with Crippen LogP contribution in [0.1, 0.15) is 18.4 Å². The largest absolute Gasteiger partial charge is 0.480 e. The molecule has 118 valence electrons. The number of hydrogen-bond donors (Lipinski definition) is 2. The average Bonchev–Trinajstić information content (AvgIpc) is 2.67. The van der Waals surface area contributed by atoms with Gasteiger partial charge in [0.1, 0.15) is 11.9 Å². The smallest absolute Gasteiger partial charge is 0.326 e. The van der Waals surface area contributed by atoms with E-state index in [1.54, 1.807) is 0 Å². The monoisotopic (exact) mass is 301 g/mol. The van der Waals surface area contributed by atoms with Gasteiger partial charge in [-0.25, -0.2) is 4.79 Å². The van der Waals surface area contributed by atoms with Crippen molar-refractivity contribution in [1.82, 2.24) is 10.2 Å². The van der Waals surface area contributed by atoms with Crippen LogP contribution in [0.15, 0.2) is 35.7 Å². The van der Waals surface area contributed by atoms with Crippen LogP contribution in [0.2, 0.25) is 0 Å². The van der Waals surface area contributed by atoms with Crippen LogP contribution in [0.3, 0.4) is 0 Å². The van der Waals surface area contributed by atoms with E-state index in [1.165, 1.54) is 11.1 Å². The Hall–Kier alpha value is -2.01. The maximum absolute atomic E-state index is 11.5. The van der Waals surface area contributed by atoms with Gasteiger partial charge in [-0.15, -0.1) is 0 Å². The van der Waals surface area contributed by atoms with Crippen molar-refractivity contribution in [3.8, 4) is 0 Å². The van der Waals surface area contributed by atoms with Gasteiger partial charge >= 0.3 is 5.97 Å². The van der Waals surface area contributed by atoms with Gasteiger partial charge in [-0.2, -0.15) is 0 Å². The second kappa shape index (κ2) is 5.65. The number of rotatable bonds is 2. The topological polar surface area (TPSA) is 55.8 Å². The van der Waals surface area contributed by atoms with E-state index >= 15 is 0 Å². The van der Waals surface area contributed by atoms with Crippen molar-refractivity contribution >= 4 is 11.7 Å². The molecule has 5 heteroatoms. The highest BCUT2D eigenvalue weighted by atomic mass is 16.4. The molecule has 2 aliphatic rings. The molecule has 1 aromatic carbocycles. The van der Waals surface area contributed by atoms with Gasteiger partial charge in [-0.05, 0) is 44.1 Å². The van der Waals surface area contributed by atoms with E-state index in [4.69, 9.17) is 0 Å². The fourth-order valence-electron chi connectivity index (χ4n) is 3.57. The van der Waals surface area contributed by atoms with Crippen LogP contribution in [0, 0.1) is 0 Å². The standard InChI is InChI=1S/C17H23N3O2/c1-19(2)15-9-8-13(17(21)22)18-16-12(15)10-11-6-4-5-7-14(11)20(16)3/h4-7,13,15,18H,8-10H2,1-3H3,(H,21,22). The summed E-state index contributed by atoms with van der Waals surface area (Å²) in [4.78, 5) is 15.8. The Bertz CT molecular complexity index is 624. The normalized spacial score (nSPS) is 24.5. The highest BCUT2D eigenvalue weighted by molar-refractivity contribution is 5.74. The summed E-state index contributed by atoms with van der Waals surface area (Å²) in [6.45, 7) is 0. The summed E-state index contributed by atoms with van der Waals surface area (Å²) in [5.74, 6) is 0.181. The Balaban J connectivity index is 2.06. The minimum atomic E-state index is -0.779. The van der Waals surface area contributed by atoms with Crippen LogP contribution in [-0.2, 0) is 11.2 Å². The SMILES string of the molecule is CN1C2=C(Cc3ccccc31)C(N(C)C)CCC(C(=O)O)N2. The van der Waals surface area contributed by atoms with Gasteiger partial charge in [0, 0.05) is 25.2 Å².